The van der Waals surface area contributed by atoms with Crippen molar-refractivity contribution in [3.05, 3.63) is 26.9 Å². The Balaban J connectivity index is 1.77. The van der Waals surface area contributed by atoms with Crippen LogP contribution in [0.15, 0.2) is 16.7 Å². The van der Waals surface area contributed by atoms with E-state index in [1.807, 2.05) is 0 Å². The molecule has 1 aliphatic carbocycles. The fraction of sp³-hybridized carbons (Fsp3) is 0.615. The second-order valence-corrected chi connectivity index (χ2v) is 5.85. The molecule has 0 spiro atoms. The van der Waals surface area contributed by atoms with Gasteiger partial charge in [0.25, 0.3) is 5.69 Å². The highest BCUT2D eigenvalue weighted by atomic mass is 79.9. The molecule has 0 aromatic carbocycles. The summed E-state index contributed by atoms with van der Waals surface area (Å²) in [6, 6.07) is 1.48. The summed E-state index contributed by atoms with van der Waals surface area (Å²) in [6.45, 7) is 0.861. The molecule has 1 aliphatic rings. The van der Waals surface area contributed by atoms with Crippen LogP contribution in [0.25, 0.3) is 0 Å². The Hall–Kier alpha value is -1.17. The number of hydrogen-bond acceptors (Lipinski definition) is 4. The molecule has 0 atom stereocenters. The highest BCUT2D eigenvalue weighted by molar-refractivity contribution is 9.10. The molecule has 0 bridgehead atoms. The molecule has 1 aromatic rings. The Bertz CT molecular complexity index is 448. The van der Waals surface area contributed by atoms with Crippen LogP contribution in [0.3, 0.4) is 0 Å². The molecule has 19 heavy (non-hydrogen) atoms. The summed E-state index contributed by atoms with van der Waals surface area (Å²) >= 11 is 3.30. The van der Waals surface area contributed by atoms with Crippen LogP contribution in [-0.4, -0.2) is 16.5 Å². The van der Waals surface area contributed by atoms with E-state index < -0.39 is 4.92 Å². The number of nitrogens with one attached hydrogen (secondary N) is 1. The molecule has 1 fully saturated rings. The molecule has 0 aliphatic heterocycles. The first-order chi connectivity index (χ1) is 9.16. The molecular formula is C13H18BrN3O2. The van der Waals surface area contributed by atoms with Crippen molar-refractivity contribution >= 4 is 27.4 Å². The molecule has 1 saturated carbocycles. The van der Waals surface area contributed by atoms with Gasteiger partial charge in [-0.3, -0.25) is 10.1 Å². The molecular weight excluding hydrogens is 310 g/mol. The molecule has 6 heteroatoms. The predicted octanol–water partition coefficient (Wildman–Crippen LogP) is 4.13. The van der Waals surface area contributed by atoms with Crippen LogP contribution in [0, 0.1) is 16.0 Å². The second-order valence-electron chi connectivity index (χ2n) is 5.00. The molecule has 0 saturated heterocycles. The SMILES string of the molecule is O=[N+]([O-])c1cnc(NCCCC2CCCC2)c(Br)c1. The van der Waals surface area contributed by atoms with E-state index >= 15 is 0 Å². The topological polar surface area (TPSA) is 68.1 Å². The van der Waals surface area contributed by atoms with Gasteiger partial charge in [-0.25, -0.2) is 4.98 Å². The summed E-state index contributed by atoms with van der Waals surface area (Å²) in [5.41, 5.74) is 0.00313. The zero-order valence-corrected chi connectivity index (χ0v) is 12.4. The zero-order chi connectivity index (χ0) is 13.7. The number of anilines is 1. The quantitative estimate of drug-likeness (QED) is 0.484. The van der Waals surface area contributed by atoms with Crippen molar-refractivity contribution < 1.29 is 4.92 Å². The van der Waals surface area contributed by atoms with Crippen molar-refractivity contribution in [3.8, 4) is 0 Å². The molecule has 5 nitrogen and oxygen atoms in total. The third kappa shape index (κ3) is 4.16. The fourth-order valence-corrected chi connectivity index (χ4v) is 3.03. The number of nitro groups is 1. The molecule has 1 heterocycles. The van der Waals surface area contributed by atoms with Gasteiger partial charge < -0.3 is 5.32 Å². The maximum absolute atomic E-state index is 10.6. The highest BCUT2D eigenvalue weighted by Crippen LogP contribution is 2.29. The number of pyridine rings is 1. The van der Waals surface area contributed by atoms with Crippen molar-refractivity contribution in [1.82, 2.24) is 4.98 Å². The van der Waals surface area contributed by atoms with Crippen molar-refractivity contribution in [3.63, 3.8) is 0 Å². The third-order valence-corrected chi connectivity index (χ3v) is 4.20. The van der Waals surface area contributed by atoms with E-state index in [-0.39, 0.29) is 5.69 Å². The van der Waals surface area contributed by atoms with Crippen molar-refractivity contribution in [2.45, 2.75) is 38.5 Å². The Morgan fingerprint density at radius 2 is 2.21 bits per heavy atom. The predicted molar refractivity (Wildman–Crippen MR) is 78.3 cm³/mol. The van der Waals surface area contributed by atoms with Gasteiger partial charge in [-0.1, -0.05) is 25.7 Å². The highest BCUT2D eigenvalue weighted by Gasteiger charge is 2.14. The lowest BCUT2D eigenvalue weighted by Crippen LogP contribution is -2.06. The summed E-state index contributed by atoms with van der Waals surface area (Å²) in [4.78, 5) is 14.2. The van der Waals surface area contributed by atoms with Gasteiger partial charge in [0.1, 0.15) is 12.0 Å². The van der Waals surface area contributed by atoms with Gasteiger partial charge in [-0.2, -0.15) is 0 Å². The second kappa shape index (κ2) is 6.84. The lowest BCUT2D eigenvalue weighted by molar-refractivity contribution is -0.385. The van der Waals surface area contributed by atoms with Crippen LogP contribution in [0.2, 0.25) is 0 Å². The summed E-state index contributed by atoms with van der Waals surface area (Å²) in [5.74, 6) is 1.58. The number of nitrogens with zero attached hydrogens (tertiary/aromatic N) is 2. The van der Waals surface area contributed by atoms with E-state index in [9.17, 15) is 10.1 Å². The molecule has 104 valence electrons. The van der Waals surface area contributed by atoms with Crippen molar-refractivity contribution in [2.24, 2.45) is 5.92 Å². The lowest BCUT2D eigenvalue weighted by Gasteiger charge is -2.10. The van der Waals surface area contributed by atoms with Crippen LogP contribution < -0.4 is 5.32 Å². The number of halogens is 1. The van der Waals surface area contributed by atoms with E-state index in [0.29, 0.717) is 10.3 Å². The number of rotatable bonds is 6. The van der Waals surface area contributed by atoms with Gasteiger partial charge in [0.2, 0.25) is 0 Å². The van der Waals surface area contributed by atoms with Crippen LogP contribution in [0.5, 0.6) is 0 Å². The Morgan fingerprint density at radius 3 is 2.84 bits per heavy atom. The van der Waals surface area contributed by atoms with Crippen molar-refractivity contribution in [2.75, 3.05) is 11.9 Å². The third-order valence-electron chi connectivity index (χ3n) is 3.59. The van der Waals surface area contributed by atoms with E-state index in [1.54, 1.807) is 0 Å². The molecule has 1 aromatic heterocycles. The summed E-state index contributed by atoms with van der Waals surface area (Å²) < 4.78 is 0.641. The first-order valence-corrected chi connectivity index (χ1v) is 7.50. The largest absolute Gasteiger partial charge is 0.369 e. The zero-order valence-electron chi connectivity index (χ0n) is 10.8. The van der Waals surface area contributed by atoms with Crippen LogP contribution in [0.4, 0.5) is 11.5 Å². The summed E-state index contributed by atoms with van der Waals surface area (Å²) in [6.07, 6.45) is 9.18. The molecule has 0 amide bonds. The Morgan fingerprint density at radius 1 is 1.47 bits per heavy atom. The fourth-order valence-electron chi connectivity index (χ4n) is 2.55. The normalized spacial score (nSPS) is 15.6. The van der Waals surface area contributed by atoms with Crippen LogP contribution >= 0.6 is 15.9 Å². The Kier molecular flexibility index (Phi) is 5.13. The maximum atomic E-state index is 10.6. The number of hydrogen-bond donors (Lipinski definition) is 1. The van der Waals surface area contributed by atoms with E-state index in [4.69, 9.17) is 0 Å². The summed E-state index contributed by atoms with van der Waals surface area (Å²) in [7, 11) is 0. The smallest absolute Gasteiger partial charge is 0.288 e. The van der Waals surface area contributed by atoms with Crippen LogP contribution in [-0.2, 0) is 0 Å². The minimum Gasteiger partial charge on any atom is -0.369 e. The average molecular weight is 328 g/mol. The van der Waals surface area contributed by atoms with Gasteiger partial charge >= 0.3 is 0 Å². The van der Waals surface area contributed by atoms with Gasteiger partial charge in [0.15, 0.2) is 0 Å². The Labute approximate surface area is 121 Å². The lowest BCUT2D eigenvalue weighted by atomic mass is 10.0. The first-order valence-electron chi connectivity index (χ1n) is 6.70. The maximum Gasteiger partial charge on any atom is 0.288 e. The monoisotopic (exact) mass is 327 g/mol. The van der Waals surface area contributed by atoms with Crippen molar-refractivity contribution in [1.29, 1.82) is 0 Å². The molecule has 0 radical (unpaired) electrons. The molecule has 1 N–H and O–H groups in total. The van der Waals surface area contributed by atoms with E-state index in [2.05, 4.69) is 26.2 Å². The van der Waals surface area contributed by atoms with E-state index in [1.165, 1.54) is 44.4 Å². The molecule has 0 unspecified atom stereocenters. The summed E-state index contributed by atoms with van der Waals surface area (Å²) in [5, 5.41) is 13.8. The van der Waals surface area contributed by atoms with Gasteiger partial charge in [0, 0.05) is 12.6 Å². The first kappa shape index (κ1) is 14.2. The van der Waals surface area contributed by atoms with Gasteiger partial charge in [-0.05, 0) is 34.7 Å². The average Bonchev–Trinajstić information content (AvgIpc) is 2.89. The van der Waals surface area contributed by atoms with Gasteiger partial charge in [0.05, 0.1) is 9.40 Å². The van der Waals surface area contributed by atoms with E-state index in [0.717, 1.165) is 18.9 Å². The minimum absolute atomic E-state index is 0.00313. The molecule has 2 rings (SSSR count). The number of aromatic nitrogens is 1. The minimum atomic E-state index is -0.443. The van der Waals surface area contributed by atoms with Crippen LogP contribution in [0.1, 0.15) is 38.5 Å². The van der Waals surface area contributed by atoms with Gasteiger partial charge in [-0.15, -0.1) is 0 Å². The standard InChI is InChI=1S/C13H18BrN3O2/c14-12-8-11(17(18)19)9-16-13(12)15-7-3-6-10-4-1-2-5-10/h8-10H,1-7H2,(H,15,16).